The van der Waals surface area contributed by atoms with Crippen molar-refractivity contribution in [1.82, 2.24) is 15.1 Å². The highest BCUT2D eigenvalue weighted by atomic mass is 32.2. The van der Waals surface area contributed by atoms with Gasteiger partial charge in [0.05, 0.1) is 28.5 Å². The monoisotopic (exact) mass is 546 g/mol. The van der Waals surface area contributed by atoms with E-state index in [0.717, 1.165) is 47.5 Å². The molecule has 0 unspecified atom stereocenters. The number of aromatic nitrogens is 2. The number of amides is 2. The second-order valence-electron chi connectivity index (χ2n) is 11.6. The second-order valence-corrected chi connectivity index (χ2v) is 12.7. The lowest BCUT2D eigenvalue weighted by Gasteiger charge is -2.25. The average molecular weight is 547 g/mol. The van der Waals surface area contributed by atoms with Crippen LogP contribution < -0.4 is 10.2 Å². The molecule has 3 heterocycles. The van der Waals surface area contributed by atoms with Crippen LogP contribution in [0.5, 0.6) is 0 Å². The topological polar surface area (TPSA) is 76.5 Å². The maximum absolute atomic E-state index is 13.8. The van der Waals surface area contributed by atoms with Gasteiger partial charge in [-0.05, 0) is 49.9 Å². The molecule has 1 saturated heterocycles. The number of carbonyl (C=O) groups excluding carboxylic acids is 2. The molecular weight excluding hydrogens is 508 g/mol. The molecule has 2 aliphatic heterocycles. The Kier molecular flexibility index (Phi) is 7.87. The van der Waals surface area contributed by atoms with Crippen molar-refractivity contribution in [3.63, 3.8) is 0 Å². The number of hydrogen-bond donors (Lipinski definition) is 1. The predicted octanol–water partition coefficient (Wildman–Crippen LogP) is 5.25. The molecule has 1 aromatic heterocycles. The highest BCUT2D eigenvalue weighted by molar-refractivity contribution is 8.00. The average Bonchev–Trinajstić information content (AvgIpc) is 3.52. The Morgan fingerprint density at radius 3 is 2.54 bits per heavy atom. The Morgan fingerprint density at radius 1 is 1.13 bits per heavy atom. The quantitative estimate of drug-likeness (QED) is 0.457. The van der Waals surface area contributed by atoms with E-state index >= 15 is 0 Å². The van der Waals surface area contributed by atoms with Crippen molar-refractivity contribution in [2.24, 2.45) is 0 Å². The van der Waals surface area contributed by atoms with Gasteiger partial charge in [0, 0.05) is 24.1 Å². The van der Waals surface area contributed by atoms with E-state index in [-0.39, 0.29) is 40.9 Å². The number of hydrogen-bond acceptors (Lipinski definition) is 5. The molecule has 2 amide bonds. The van der Waals surface area contributed by atoms with Gasteiger partial charge in [-0.25, -0.2) is 4.68 Å². The van der Waals surface area contributed by atoms with Crippen molar-refractivity contribution < 1.29 is 14.3 Å². The van der Waals surface area contributed by atoms with Gasteiger partial charge >= 0.3 is 0 Å². The van der Waals surface area contributed by atoms with Crippen LogP contribution in [0.4, 0.5) is 5.82 Å². The summed E-state index contributed by atoms with van der Waals surface area (Å²) in [7, 11) is 0. The van der Waals surface area contributed by atoms with E-state index in [1.807, 2.05) is 29.8 Å². The molecule has 7 nitrogen and oxygen atoms in total. The lowest BCUT2D eigenvalue weighted by molar-refractivity contribution is -0.123. The minimum Gasteiger partial charge on any atom is -0.376 e. The fourth-order valence-electron chi connectivity index (χ4n) is 5.34. The Hall–Kier alpha value is -3.10. The van der Waals surface area contributed by atoms with Crippen LogP contribution in [0, 0.1) is 13.8 Å². The van der Waals surface area contributed by atoms with Crippen LogP contribution in [0.25, 0.3) is 5.69 Å². The Morgan fingerprint density at radius 2 is 1.87 bits per heavy atom. The SMILES string of the molecule is Cc1cccc([C@H]2SCC(=O)N(CC(=O)NC[C@@H]3CCCO3)c3c2c(C(C)(C)C)nn3-c2cccc(C)c2)c1. The lowest BCUT2D eigenvalue weighted by Crippen LogP contribution is -2.44. The first-order chi connectivity index (χ1) is 18.6. The summed E-state index contributed by atoms with van der Waals surface area (Å²) in [6.45, 7) is 11.7. The highest BCUT2D eigenvalue weighted by Gasteiger charge is 2.40. The van der Waals surface area contributed by atoms with E-state index in [2.05, 4.69) is 63.3 Å². The van der Waals surface area contributed by atoms with Gasteiger partial charge in [0.2, 0.25) is 11.8 Å². The van der Waals surface area contributed by atoms with Crippen LogP contribution in [0.3, 0.4) is 0 Å². The van der Waals surface area contributed by atoms with Crippen molar-refractivity contribution >= 4 is 29.4 Å². The Labute approximate surface area is 235 Å². The fourth-order valence-corrected chi connectivity index (χ4v) is 6.53. The van der Waals surface area contributed by atoms with E-state index in [1.54, 1.807) is 16.7 Å². The fraction of sp³-hybridized carbons (Fsp3) is 0.452. The number of ether oxygens (including phenoxy) is 1. The van der Waals surface area contributed by atoms with Gasteiger partial charge < -0.3 is 10.1 Å². The third-order valence-corrected chi connectivity index (χ3v) is 8.50. The zero-order chi connectivity index (χ0) is 27.7. The van der Waals surface area contributed by atoms with Gasteiger partial charge in [0.25, 0.3) is 0 Å². The van der Waals surface area contributed by atoms with Crippen LogP contribution in [0.15, 0.2) is 48.5 Å². The maximum atomic E-state index is 13.8. The highest BCUT2D eigenvalue weighted by Crippen LogP contribution is 2.48. The third-order valence-electron chi connectivity index (χ3n) is 7.24. The van der Waals surface area contributed by atoms with Gasteiger partial charge in [-0.3, -0.25) is 14.5 Å². The van der Waals surface area contributed by atoms with Gasteiger partial charge in [0.1, 0.15) is 12.4 Å². The number of thioether (sulfide) groups is 1. The first-order valence-corrected chi connectivity index (χ1v) is 14.7. The first kappa shape index (κ1) is 27.5. The number of rotatable bonds is 6. The molecule has 2 aliphatic rings. The van der Waals surface area contributed by atoms with E-state index < -0.39 is 0 Å². The molecule has 0 saturated carbocycles. The summed E-state index contributed by atoms with van der Waals surface area (Å²) in [4.78, 5) is 28.7. The molecule has 39 heavy (non-hydrogen) atoms. The number of anilines is 1. The van der Waals surface area contributed by atoms with Gasteiger partial charge in [-0.1, -0.05) is 62.7 Å². The molecular formula is C31H38N4O3S. The van der Waals surface area contributed by atoms with E-state index in [0.29, 0.717) is 12.4 Å². The van der Waals surface area contributed by atoms with Crippen molar-refractivity contribution in [3.05, 3.63) is 76.5 Å². The normalized spacial score (nSPS) is 19.6. The summed E-state index contributed by atoms with van der Waals surface area (Å²) < 4.78 is 7.56. The summed E-state index contributed by atoms with van der Waals surface area (Å²) in [5.41, 5.74) is 5.90. The molecule has 1 fully saturated rings. The van der Waals surface area contributed by atoms with Gasteiger partial charge in [-0.2, -0.15) is 5.10 Å². The molecule has 8 heteroatoms. The summed E-state index contributed by atoms with van der Waals surface area (Å²) in [5.74, 6) is 0.652. The maximum Gasteiger partial charge on any atom is 0.240 e. The number of nitrogens with zero attached hydrogens (tertiary/aromatic N) is 3. The van der Waals surface area contributed by atoms with Crippen molar-refractivity contribution in [2.45, 2.75) is 64.2 Å². The lowest BCUT2D eigenvalue weighted by atomic mass is 9.87. The second kappa shape index (κ2) is 11.2. The molecule has 206 valence electrons. The van der Waals surface area contributed by atoms with Crippen molar-refractivity contribution in [2.75, 3.05) is 30.3 Å². The molecule has 0 bridgehead atoms. The van der Waals surface area contributed by atoms with Crippen LogP contribution >= 0.6 is 11.8 Å². The predicted molar refractivity (Wildman–Crippen MR) is 157 cm³/mol. The number of aryl methyl sites for hydroxylation is 2. The standard InChI is InChI=1S/C31H38N4O3S/c1-20-9-6-11-22(15-20)28-27-29(31(3,4)5)33-35(23-12-7-10-21(2)16-23)30(27)34(26(37)19-39-28)18-25(36)32-17-24-13-8-14-38-24/h6-7,9-12,15-16,24,28H,8,13-14,17-19H2,1-5H3,(H,32,36)/t24-,28+/m0/s1. The summed E-state index contributed by atoms with van der Waals surface area (Å²) in [5, 5.41) is 8.08. The van der Waals surface area contributed by atoms with E-state index in [4.69, 9.17) is 9.84 Å². The molecule has 0 radical (unpaired) electrons. The molecule has 0 spiro atoms. The van der Waals surface area contributed by atoms with Crippen LogP contribution in [-0.4, -0.2) is 53.1 Å². The number of benzene rings is 2. The summed E-state index contributed by atoms with van der Waals surface area (Å²) in [6, 6.07) is 16.6. The van der Waals surface area contributed by atoms with Gasteiger partial charge in [0.15, 0.2) is 0 Å². The number of nitrogens with one attached hydrogen (secondary N) is 1. The smallest absolute Gasteiger partial charge is 0.240 e. The van der Waals surface area contributed by atoms with Crippen molar-refractivity contribution in [1.29, 1.82) is 0 Å². The minimum absolute atomic E-state index is 0.0379. The minimum atomic E-state index is -0.289. The van der Waals surface area contributed by atoms with Gasteiger partial charge in [-0.15, -0.1) is 11.8 Å². The zero-order valence-corrected chi connectivity index (χ0v) is 24.3. The van der Waals surface area contributed by atoms with Crippen LogP contribution in [0.2, 0.25) is 0 Å². The molecule has 2 atom stereocenters. The Balaban J connectivity index is 1.65. The van der Waals surface area contributed by atoms with Crippen LogP contribution in [-0.2, 0) is 19.7 Å². The zero-order valence-electron chi connectivity index (χ0n) is 23.5. The Bertz CT molecular complexity index is 1370. The van der Waals surface area contributed by atoms with E-state index in [9.17, 15) is 9.59 Å². The summed E-state index contributed by atoms with van der Waals surface area (Å²) in [6.07, 6.45) is 1.99. The first-order valence-electron chi connectivity index (χ1n) is 13.7. The van der Waals surface area contributed by atoms with E-state index in [1.165, 1.54) is 5.56 Å². The third kappa shape index (κ3) is 5.92. The van der Waals surface area contributed by atoms with Crippen molar-refractivity contribution in [3.8, 4) is 5.69 Å². The number of fused-ring (bicyclic) bond motifs is 1. The molecule has 0 aliphatic carbocycles. The molecule has 5 rings (SSSR count). The summed E-state index contributed by atoms with van der Waals surface area (Å²) >= 11 is 1.61. The molecule has 1 N–H and O–H groups in total. The largest absolute Gasteiger partial charge is 0.376 e. The molecule has 3 aromatic rings. The molecule has 2 aromatic carbocycles. The number of carbonyl (C=O) groups is 2. The van der Waals surface area contributed by atoms with Crippen LogP contribution in [0.1, 0.15) is 66.8 Å².